The van der Waals surface area contributed by atoms with Gasteiger partial charge in [0.25, 0.3) is 0 Å². The number of amides is 1. The average Bonchev–Trinajstić information content (AvgIpc) is 1.98. The predicted molar refractivity (Wildman–Crippen MR) is 44.6 cm³/mol. The molecule has 0 radical (unpaired) electrons. The molecule has 0 atom stereocenters. The summed E-state index contributed by atoms with van der Waals surface area (Å²) in [6.45, 7) is 3.98. The van der Waals surface area contributed by atoms with Gasteiger partial charge in [0.2, 0.25) is 5.91 Å². The predicted octanol–water partition coefficient (Wildman–Crippen LogP) is -0.194. The lowest BCUT2D eigenvalue weighted by atomic mass is 10.3. The molecule has 0 spiro atoms. The van der Waals surface area contributed by atoms with Gasteiger partial charge in [-0.2, -0.15) is 0 Å². The number of carbonyl (C=O) groups excluding carboxylic acids is 2. The molecule has 0 aromatic carbocycles. The van der Waals surface area contributed by atoms with Crippen LogP contribution in [0.1, 0.15) is 20.3 Å². The molecule has 0 aliphatic rings. The molecule has 4 heteroatoms. The summed E-state index contributed by atoms with van der Waals surface area (Å²) < 4.78 is 0. The van der Waals surface area contributed by atoms with Crippen LogP contribution in [0.2, 0.25) is 0 Å². The maximum absolute atomic E-state index is 11.2. The summed E-state index contributed by atoms with van der Waals surface area (Å²) in [4.78, 5) is 23.2. The first kappa shape index (κ1) is 11.1. The Labute approximate surface area is 72.2 Å². The second-order valence-electron chi connectivity index (χ2n) is 2.58. The Morgan fingerprint density at radius 2 is 2.00 bits per heavy atom. The highest BCUT2D eigenvalue weighted by Gasteiger charge is 2.12. The number of carbonyl (C=O) groups is 2. The summed E-state index contributed by atoms with van der Waals surface area (Å²) in [5, 5.41) is 8.57. The number of hydrogen-bond donors (Lipinski definition) is 1. The Morgan fingerprint density at radius 1 is 1.42 bits per heavy atom. The molecule has 1 N–H and O–H groups in total. The van der Waals surface area contributed by atoms with Gasteiger partial charge in [-0.3, -0.25) is 9.59 Å². The zero-order valence-electron chi connectivity index (χ0n) is 7.54. The minimum absolute atomic E-state index is 0.0581. The second-order valence-corrected chi connectivity index (χ2v) is 2.58. The molecule has 12 heavy (non-hydrogen) atoms. The lowest BCUT2D eigenvalue weighted by molar-refractivity contribution is -0.135. The molecular formula is C8H15NO3. The van der Waals surface area contributed by atoms with Crippen LogP contribution < -0.4 is 0 Å². The smallest absolute Gasteiger partial charge is 0.230 e. The van der Waals surface area contributed by atoms with Crippen molar-refractivity contribution >= 4 is 11.7 Å². The summed E-state index contributed by atoms with van der Waals surface area (Å²) in [6, 6.07) is 0. The summed E-state index contributed by atoms with van der Waals surface area (Å²) in [7, 11) is 0. The van der Waals surface area contributed by atoms with E-state index in [0.717, 1.165) is 0 Å². The first-order valence-corrected chi connectivity index (χ1v) is 3.99. The quantitative estimate of drug-likeness (QED) is 0.586. The number of hydrogen-bond acceptors (Lipinski definition) is 3. The minimum atomic E-state index is -0.209. The average molecular weight is 173 g/mol. The van der Waals surface area contributed by atoms with Crippen LogP contribution >= 0.6 is 0 Å². The number of likely N-dealkylation sites (N-methyl/N-ethyl adjacent to an activating group) is 1. The number of nitrogens with zero attached hydrogens (tertiary/aromatic N) is 1. The third kappa shape index (κ3) is 4.08. The molecule has 4 nitrogen and oxygen atoms in total. The van der Waals surface area contributed by atoms with Gasteiger partial charge in [-0.1, -0.05) is 0 Å². The number of ketones is 1. The lowest BCUT2D eigenvalue weighted by Crippen LogP contribution is -2.34. The Morgan fingerprint density at radius 3 is 2.33 bits per heavy atom. The molecule has 1 amide bonds. The summed E-state index contributed by atoms with van der Waals surface area (Å²) in [6.07, 6.45) is -0.0617. The van der Waals surface area contributed by atoms with Gasteiger partial charge >= 0.3 is 0 Å². The molecule has 0 saturated carbocycles. The zero-order valence-corrected chi connectivity index (χ0v) is 7.54. The van der Waals surface area contributed by atoms with E-state index in [1.165, 1.54) is 11.8 Å². The van der Waals surface area contributed by atoms with Crippen LogP contribution in [0.15, 0.2) is 0 Å². The van der Waals surface area contributed by atoms with Crippen LogP contribution in [0.25, 0.3) is 0 Å². The van der Waals surface area contributed by atoms with Crippen molar-refractivity contribution in [2.75, 3.05) is 19.7 Å². The summed E-state index contributed by atoms with van der Waals surface area (Å²) in [5.41, 5.74) is 0. The van der Waals surface area contributed by atoms with Crippen LogP contribution in [0.4, 0.5) is 0 Å². The first-order chi connectivity index (χ1) is 5.61. The van der Waals surface area contributed by atoms with Gasteiger partial charge < -0.3 is 10.0 Å². The highest BCUT2D eigenvalue weighted by Crippen LogP contribution is 1.94. The van der Waals surface area contributed by atoms with Gasteiger partial charge in [-0.15, -0.1) is 0 Å². The molecule has 0 fully saturated rings. The van der Waals surface area contributed by atoms with Crippen LogP contribution in [-0.4, -0.2) is 41.4 Å². The van der Waals surface area contributed by atoms with E-state index in [4.69, 9.17) is 5.11 Å². The van der Waals surface area contributed by atoms with Gasteiger partial charge in [0.15, 0.2) is 0 Å². The molecule has 0 aromatic heterocycles. The van der Waals surface area contributed by atoms with Crippen molar-refractivity contribution in [2.24, 2.45) is 0 Å². The highest BCUT2D eigenvalue weighted by molar-refractivity contribution is 5.96. The number of rotatable bonds is 5. The van der Waals surface area contributed by atoms with Crippen molar-refractivity contribution in [2.45, 2.75) is 20.3 Å². The minimum Gasteiger partial charge on any atom is -0.395 e. The number of aliphatic hydroxyl groups is 1. The first-order valence-electron chi connectivity index (χ1n) is 3.99. The van der Waals surface area contributed by atoms with Crippen molar-refractivity contribution in [3.05, 3.63) is 0 Å². The van der Waals surface area contributed by atoms with E-state index in [0.29, 0.717) is 13.1 Å². The van der Waals surface area contributed by atoms with Crippen molar-refractivity contribution in [1.82, 2.24) is 4.90 Å². The number of Topliss-reactive ketones (excluding diaryl/α,β-unsaturated/α-hetero) is 1. The topological polar surface area (TPSA) is 57.6 Å². The molecule has 0 aliphatic heterocycles. The molecule has 0 rings (SSSR count). The van der Waals surface area contributed by atoms with Gasteiger partial charge in [0.05, 0.1) is 13.0 Å². The van der Waals surface area contributed by atoms with E-state index < -0.39 is 0 Å². The molecule has 0 unspecified atom stereocenters. The van der Waals surface area contributed by atoms with Crippen molar-refractivity contribution in [1.29, 1.82) is 0 Å². The Bertz CT molecular complexity index is 168. The van der Waals surface area contributed by atoms with E-state index in [1.807, 2.05) is 6.92 Å². The fraction of sp³-hybridized carbons (Fsp3) is 0.750. The fourth-order valence-corrected chi connectivity index (χ4v) is 0.905. The maximum Gasteiger partial charge on any atom is 0.230 e. The molecule has 70 valence electrons. The summed E-state index contributed by atoms with van der Waals surface area (Å²) in [5.74, 6) is -0.351. The van der Waals surface area contributed by atoms with Gasteiger partial charge in [-0.25, -0.2) is 0 Å². The fourth-order valence-electron chi connectivity index (χ4n) is 0.905. The maximum atomic E-state index is 11.2. The lowest BCUT2D eigenvalue weighted by Gasteiger charge is -2.18. The summed E-state index contributed by atoms with van der Waals surface area (Å²) >= 11 is 0. The Hall–Kier alpha value is -0.900. The number of aliphatic hydroxyl groups excluding tert-OH is 1. The molecular weight excluding hydrogens is 158 g/mol. The van der Waals surface area contributed by atoms with E-state index >= 15 is 0 Å². The van der Waals surface area contributed by atoms with Crippen molar-refractivity contribution in [3.8, 4) is 0 Å². The molecule has 0 aliphatic carbocycles. The van der Waals surface area contributed by atoms with Crippen LogP contribution in [0.3, 0.4) is 0 Å². The SMILES string of the molecule is CCN(CCO)C(=O)CC(C)=O. The van der Waals surface area contributed by atoms with Crippen molar-refractivity contribution < 1.29 is 14.7 Å². The molecule has 0 heterocycles. The normalized spacial score (nSPS) is 9.58. The highest BCUT2D eigenvalue weighted by atomic mass is 16.3. The standard InChI is InChI=1S/C8H15NO3/c1-3-9(4-5-10)8(12)6-7(2)11/h10H,3-6H2,1-2H3. The van der Waals surface area contributed by atoms with Crippen LogP contribution in [0, 0.1) is 0 Å². The monoisotopic (exact) mass is 173 g/mol. The Balaban J connectivity index is 3.93. The van der Waals surface area contributed by atoms with E-state index in [2.05, 4.69) is 0 Å². The van der Waals surface area contributed by atoms with Crippen LogP contribution in [0.5, 0.6) is 0 Å². The third-order valence-electron chi connectivity index (χ3n) is 1.50. The molecule has 0 bridgehead atoms. The van der Waals surface area contributed by atoms with Gasteiger partial charge in [0, 0.05) is 13.1 Å². The Kier molecular flexibility index (Phi) is 5.28. The van der Waals surface area contributed by atoms with Gasteiger partial charge in [-0.05, 0) is 13.8 Å². The third-order valence-corrected chi connectivity index (χ3v) is 1.50. The van der Waals surface area contributed by atoms with E-state index in [1.54, 1.807) is 0 Å². The van der Waals surface area contributed by atoms with E-state index in [-0.39, 0.29) is 24.7 Å². The second kappa shape index (κ2) is 5.71. The molecule has 0 saturated heterocycles. The molecule has 0 aromatic rings. The van der Waals surface area contributed by atoms with Crippen LogP contribution in [-0.2, 0) is 9.59 Å². The zero-order chi connectivity index (χ0) is 9.56. The van der Waals surface area contributed by atoms with Crippen molar-refractivity contribution in [3.63, 3.8) is 0 Å². The van der Waals surface area contributed by atoms with E-state index in [9.17, 15) is 9.59 Å². The van der Waals surface area contributed by atoms with Gasteiger partial charge in [0.1, 0.15) is 5.78 Å². The largest absolute Gasteiger partial charge is 0.395 e.